The summed E-state index contributed by atoms with van der Waals surface area (Å²) >= 11 is 0. The van der Waals surface area contributed by atoms with Crippen LogP contribution in [0.3, 0.4) is 0 Å². The number of H-pyrrole nitrogens is 1. The van der Waals surface area contributed by atoms with E-state index in [4.69, 9.17) is 9.47 Å². The molecule has 4 aromatic rings. The SMILES string of the molecule is CCOC(=O)C1CCN([C@@H](c2cc3cc(CC)ccc3[nH]c2=O)c2nnnn2Cc2ccc(OC)cc2)CC1. The zero-order valence-corrected chi connectivity index (χ0v) is 22.6. The molecular weight excluding hydrogens is 496 g/mol. The third-order valence-corrected chi connectivity index (χ3v) is 7.45. The highest BCUT2D eigenvalue weighted by atomic mass is 16.5. The fourth-order valence-electron chi connectivity index (χ4n) is 5.27. The van der Waals surface area contributed by atoms with E-state index in [0.29, 0.717) is 50.5 Å². The van der Waals surface area contributed by atoms with Crippen LogP contribution in [-0.4, -0.2) is 62.9 Å². The van der Waals surface area contributed by atoms with Crippen LogP contribution >= 0.6 is 0 Å². The van der Waals surface area contributed by atoms with E-state index in [0.717, 1.165) is 28.6 Å². The minimum absolute atomic E-state index is 0.154. The van der Waals surface area contributed by atoms with Crippen molar-refractivity contribution in [2.24, 2.45) is 5.92 Å². The van der Waals surface area contributed by atoms with Crippen LogP contribution in [0.4, 0.5) is 0 Å². The van der Waals surface area contributed by atoms with Crippen molar-refractivity contribution in [3.63, 3.8) is 0 Å². The standard InChI is InChI=1S/C29H34N6O4/c1-4-19-8-11-25-22(16-19)17-24(28(36)30-25)26(34-14-12-21(13-15-34)29(37)39-5-2)27-31-32-33-35(27)18-20-6-9-23(38-3)10-7-20/h6-11,16-17,21,26H,4-5,12-15,18H2,1-3H3,(H,30,36)/t26-/m0/s1. The number of carbonyl (C=O) groups excluding carboxylic acids is 1. The highest BCUT2D eigenvalue weighted by Gasteiger charge is 2.35. The molecular formula is C29H34N6O4. The second kappa shape index (κ2) is 11.8. The molecule has 0 radical (unpaired) electrons. The summed E-state index contributed by atoms with van der Waals surface area (Å²) in [5.74, 6) is 1.04. The van der Waals surface area contributed by atoms with E-state index in [9.17, 15) is 9.59 Å². The van der Waals surface area contributed by atoms with Crippen LogP contribution in [0.2, 0.25) is 0 Å². The van der Waals surface area contributed by atoms with Gasteiger partial charge in [0.1, 0.15) is 11.8 Å². The highest BCUT2D eigenvalue weighted by Crippen LogP contribution is 2.32. The molecule has 1 atom stereocenters. The van der Waals surface area contributed by atoms with Crippen LogP contribution in [0, 0.1) is 5.92 Å². The number of esters is 1. The van der Waals surface area contributed by atoms with Gasteiger partial charge in [0, 0.05) is 24.2 Å². The normalized spacial score (nSPS) is 15.4. The molecule has 1 aliphatic heterocycles. The minimum Gasteiger partial charge on any atom is -0.497 e. The van der Waals surface area contributed by atoms with E-state index in [2.05, 4.69) is 38.4 Å². The second-order valence-electron chi connectivity index (χ2n) is 9.84. The lowest BCUT2D eigenvalue weighted by Gasteiger charge is -2.36. The molecule has 0 bridgehead atoms. The molecule has 0 amide bonds. The first-order valence-corrected chi connectivity index (χ1v) is 13.5. The summed E-state index contributed by atoms with van der Waals surface area (Å²) < 4.78 is 12.3. The van der Waals surface area contributed by atoms with Gasteiger partial charge in [-0.1, -0.05) is 25.1 Å². The van der Waals surface area contributed by atoms with Crippen molar-refractivity contribution < 1.29 is 14.3 Å². The van der Waals surface area contributed by atoms with Gasteiger partial charge in [0.15, 0.2) is 5.82 Å². The lowest BCUT2D eigenvalue weighted by Crippen LogP contribution is -2.42. The number of rotatable bonds is 9. The maximum absolute atomic E-state index is 13.5. The average Bonchev–Trinajstić information content (AvgIpc) is 3.41. The largest absolute Gasteiger partial charge is 0.497 e. The maximum atomic E-state index is 13.5. The lowest BCUT2D eigenvalue weighted by molar-refractivity contribution is -0.149. The summed E-state index contributed by atoms with van der Waals surface area (Å²) in [4.78, 5) is 31.2. The minimum atomic E-state index is -0.486. The fraction of sp³-hybridized carbons (Fsp3) is 0.414. The Balaban J connectivity index is 1.54. The Morgan fingerprint density at radius 1 is 1.08 bits per heavy atom. The molecule has 1 fully saturated rings. The average molecular weight is 531 g/mol. The second-order valence-corrected chi connectivity index (χ2v) is 9.84. The zero-order chi connectivity index (χ0) is 27.4. The van der Waals surface area contributed by atoms with Gasteiger partial charge in [-0.05, 0) is 83.5 Å². The summed E-state index contributed by atoms with van der Waals surface area (Å²) in [6, 6.07) is 15.3. The number of pyridine rings is 1. The monoisotopic (exact) mass is 530 g/mol. The van der Waals surface area contributed by atoms with Gasteiger partial charge in [0.05, 0.1) is 26.2 Å². The van der Waals surface area contributed by atoms with E-state index in [-0.39, 0.29) is 17.4 Å². The predicted octanol–water partition coefficient (Wildman–Crippen LogP) is 3.50. The number of ether oxygens (including phenoxy) is 2. The Kier molecular flexibility index (Phi) is 8.02. The number of carbonyl (C=O) groups is 1. The molecule has 0 aliphatic carbocycles. The highest BCUT2D eigenvalue weighted by molar-refractivity contribution is 5.80. The number of aryl methyl sites for hydroxylation is 1. The first kappa shape index (κ1) is 26.6. The number of hydrogen-bond donors (Lipinski definition) is 1. The zero-order valence-electron chi connectivity index (χ0n) is 22.6. The van der Waals surface area contributed by atoms with Gasteiger partial charge < -0.3 is 14.5 Å². The molecule has 1 saturated heterocycles. The molecule has 10 heteroatoms. The number of piperidine rings is 1. The van der Waals surface area contributed by atoms with Crippen LogP contribution in [-0.2, 0) is 22.5 Å². The van der Waals surface area contributed by atoms with Crippen molar-refractivity contribution in [2.45, 2.75) is 45.7 Å². The topological polar surface area (TPSA) is 115 Å². The summed E-state index contributed by atoms with van der Waals surface area (Å²) in [7, 11) is 1.63. The summed E-state index contributed by atoms with van der Waals surface area (Å²) in [6.07, 6.45) is 2.18. The van der Waals surface area contributed by atoms with Crippen LogP contribution in [0.25, 0.3) is 10.9 Å². The number of nitrogens with zero attached hydrogens (tertiary/aromatic N) is 5. The quantitative estimate of drug-likeness (QED) is 0.327. The molecule has 10 nitrogen and oxygen atoms in total. The van der Waals surface area contributed by atoms with Gasteiger partial charge in [-0.3, -0.25) is 14.5 Å². The summed E-state index contributed by atoms with van der Waals surface area (Å²) in [6.45, 7) is 5.95. The fourth-order valence-corrected chi connectivity index (χ4v) is 5.27. The molecule has 39 heavy (non-hydrogen) atoms. The molecule has 1 N–H and O–H groups in total. The molecule has 5 rings (SSSR count). The van der Waals surface area contributed by atoms with Gasteiger partial charge >= 0.3 is 5.97 Å². The Hall–Kier alpha value is -4.05. The first-order chi connectivity index (χ1) is 19.0. The maximum Gasteiger partial charge on any atom is 0.309 e. The molecule has 2 aromatic heterocycles. The number of methoxy groups -OCH3 is 1. The van der Waals surface area contributed by atoms with Crippen molar-refractivity contribution in [3.05, 3.63) is 81.4 Å². The number of benzene rings is 2. The van der Waals surface area contributed by atoms with Gasteiger partial charge in [0.25, 0.3) is 5.56 Å². The van der Waals surface area contributed by atoms with Gasteiger partial charge in [-0.15, -0.1) is 5.10 Å². The Labute approximate surface area is 226 Å². The van der Waals surface area contributed by atoms with E-state index < -0.39 is 6.04 Å². The van der Waals surface area contributed by atoms with Crippen molar-refractivity contribution >= 4 is 16.9 Å². The Morgan fingerprint density at radius 2 is 1.82 bits per heavy atom. The molecule has 3 heterocycles. The van der Waals surface area contributed by atoms with Crippen molar-refractivity contribution in [2.75, 3.05) is 26.8 Å². The molecule has 2 aromatic carbocycles. The van der Waals surface area contributed by atoms with E-state index in [1.807, 2.05) is 49.4 Å². The van der Waals surface area contributed by atoms with Gasteiger partial charge in [-0.25, -0.2) is 4.68 Å². The first-order valence-electron chi connectivity index (χ1n) is 13.5. The van der Waals surface area contributed by atoms with Crippen LogP contribution < -0.4 is 10.3 Å². The number of likely N-dealkylation sites (tertiary alicyclic amines) is 1. The van der Waals surface area contributed by atoms with E-state index >= 15 is 0 Å². The van der Waals surface area contributed by atoms with Crippen molar-refractivity contribution in [3.8, 4) is 5.75 Å². The number of hydrogen-bond acceptors (Lipinski definition) is 8. The van der Waals surface area contributed by atoms with E-state index in [1.54, 1.807) is 11.8 Å². The van der Waals surface area contributed by atoms with Crippen LogP contribution in [0.5, 0.6) is 5.75 Å². The van der Waals surface area contributed by atoms with Gasteiger partial charge in [0.2, 0.25) is 0 Å². The number of nitrogens with one attached hydrogen (secondary N) is 1. The number of aromatic amines is 1. The third-order valence-electron chi connectivity index (χ3n) is 7.45. The van der Waals surface area contributed by atoms with E-state index in [1.165, 1.54) is 5.56 Å². The third kappa shape index (κ3) is 5.70. The Morgan fingerprint density at radius 3 is 2.51 bits per heavy atom. The summed E-state index contributed by atoms with van der Waals surface area (Å²) in [5, 5.41) is 13.7. The summed E-state index contributed by atoms with van der Waals surface area (Å²) in [5.41, 5.74) is 3.39. The molecule has 0 saturated carbocycles. The Bertz CT molecular complexity index is 1490. The van der Waals surface area contributed by atoms with Crippen molar-refractivity contribution in [1.29, 1.82) is 0 Å². The van der Waals surface area contributed by atoms with Crippen LogP contribution in [0.15, 0.2) is 53.3 Å². The number of fused-ring (bicyclic) bond motifs is 1. The number of aromatic nitrogens is 5. The molecule has 1 aliphatic rings. The predicted molar refractivity (Wildman–Crippen MR) is 147 cm³/mol. The van der Waals surface area contributed by atoms with Gasteiger partial charge in [-0.2, -0.15) is 0 Å². The lowest BCUT2D eigenvalue weighted by atomic mass is 9.93. The molecule has 0 spiro atoms. The molecule has 204 valence electrons. The number of tetrazole rings is 1. The smallest absolute Gasteiger partial charge is 0.309 e. The van der Waals surface area contributed by atoms with Crippen molar-refractivity contribution in [1.82, 2.24) is 30.1 Å². The van der Waals surface area contributed by atoms with Crippen LogP contribution in [0.1, 0.15) is 55.2 Å². The molecule has 0 unspecified atom stereocenters.